The summed E-state index contributed by atoms with van der Waals surface area (Å²) in [6, 6.07) is 4.31. The molecular weight excluding hydrogens is 469 g/mol. The molecule has 3 aromatic rings. The summed E-state index contributed by atoms with van der Waals surface area (Å²) < 4.78 is 33.9. The summed E-state index contributed by atoms with van der Waals surface area (Å²) in [5, 5.41) is 8.03. The first-order chi connectivity index (χ1) is 17.2. The van der Waals surface area contributed by atoms with Crippen LogP contribution in [-0.4, -0.2) is 63.4 Å². The van der Waals surface area contributed by atoms with Gasteiger partial charge in [0, 0.05) is 44.2 Å². The average molecular weight is 498 g/mol. The Morgan fingerprint density at radius 1 is 1.39 bits per heavy atom. The molecule has 2 bridgehead atoms. The maximum absolute atomic E-state index is 13.5. The minimum atomic E-state index is -1.04. The fourth-order valence-corrected chi connectivity index (χ4v) is 5.43. The predicted molar refractivity (Wildman–Crippen MR) is 128 cm³/mol. The number of carbonyl (C=O) groups excluding carboxylic acids is 1. The molecule has 10 nitrogen and oxygen atoms in total. The van der Waals surface area contributed by atoms with Gasteiger partial charge in [-0.3, -0.25) is 14.3 Å². The summed E-state index contributed by atoms with van der Waals surface area (Å²) in [7, 11) is 1.67. The second-order valence-corrected chi connectivity index (χ2v) is 10.4. The normalized spacial score (nSPS) is 28.4. The summed E-state index contributed by atoms with van der Waals surface area (Å²) in [4.78, 5) is 30.7. The quantitative estimate of drug-likeness (QED) is 0.510. The summed E-state index contributed by atoms with van der Waals surface area (Å²) in [5.41, 5.74) is -0.261. The van der Waals surface area contributed by atoms with Crippen LogP contribution in [0.15, 0.2) is 35.4 Å². The smallest absolute Gasteiger partial charge is 0.274 e. The van der Waals surface area contributed by atoms with Gasteiger partial charge in [0.05, 0.1) is 36.5 Å². The van der Waals surface area contributed by atoms with E-state index in [2.05, 4.69) is 10.3 Å². The van der Waals surface area contributed by atoms with Gasteiger partial charge >= 0.3 is 0 Å². The molecule has 190 valence electrons. The first kappa shape index (κ1) is 23.1. The Hall–Kier alpha value is -3.31. The first-order valence-corrected chi connectivity index (χ1v) is 12.1. The molecule has 4 fully saturated rings. The number of halogens is 1. The Morgan fingerprint density at radius 2 is 2.17 bits per heavy atom. The number of nitrogens with zero attached hydrogens (tertiary/aromatic N) is 4. The molecule has 2 aliphatic carbocycles. The van der Waals surface area contributed by atoms with Crippen molar-refractivity contribution in [2.45, 2.75) is 62.6 Å². The number of aromatic nitrogens is 4. The van der Waals surface area contributed by atoms with Crippen LogP contribution in [0.5, 0.6) is 5.88 Å². The summed E-state index contributed by atoms with van der Waals surface area (Å²) >= 11 is 0. The lowest BCUT2D eigenvalue weighted by atomic mass is 9.69. The van der Waals surface area contributed by atoms with Gasteiger partial charge in [-0.15, -0.1) is 0 Å². The number of ether oxygens (including phenoxy) is 3. The maximum Gasteiger partial charge on any atom is 0.274 e. The molecule has 2 atom stereocenters. The van der Waals surface area contributed by atoms with Gasteiger partial charge in [-0.1, -0.05) is 0 Å². The highest BCUT2D eigenvalue weighted by atomic mass is 19.1. The Morgan fingerprint density at radius 3 is 2.86 bits per heavy atom. The van der Waals surface area contributed by atoms with Gasteiger partial charge in [0.25, 0.3) is 11.5 Å². The first-order valence-electron chi connectivity index (χ1n) is 12.1. The van der Waals surface area contributed by atoms with Crippen molar-refractivity contribution in [1.29, 1.82) is 0 Å². The number of hydrogen-bond acceptors (Lipinski definition) is 7. The fourth-order valence-electron chi connectivity index (χ4n) is 5.43. The minimum absolute atomic E-state index is 0.0684. The fraction of sp³-hybridized carbons (Fsp3) is 0.520. The lowest BCUT2D eigenvalue weighted by Crippen LogP contribution is -2.53. The van der Waals surface area contributed by atoms with Gasteiger partial charge in [-0.05, 0) is 32.0 Å². The van der Waals surface area contributed by atoms with Crippen molar-refractivity contribution in [2.24, 2.45) is 0 Å². The van der Waals surface area contributed by atoms with Gasteiger partial charge in [0.15, 0.2) is 5.65 Å². The number of hydrogen-bond donors (Lipinski definition) is 1. The van der Waals surface area contributed by atoms with E-state index in [4.69, 9.17) is 19.3 Å². The molecule has 0 spiro atoms. The van der Waals surface area contributed by atoms with Crippen LogP contribution in [0.2, 0.25) is 0 Å². The molecule has 0 unspecified atom stereocenters. The minimum Gasteiger partial charge on any atom is -0.474 e. The van der Waals surface area contributed by atoms with Crippen molar-refractivity contribution in [3.8, 4) is 5.88 Å². The second kappa shape index (κ2) is 8.10. The number of alkyl halides is 1. The molecule has 0 radical (unpaired) electrons. The third-order valence-electron chi connectivity index (χ3n) is 7.16. The van der Waals surface area contributed by atoms with Crippen LogP contribution in [0.1, 0.15) is 49.5 Å². The van der Waals surface area contributed by atoms with Crippen molar-refractivity contribution in [3.05, 3.63) is 46.5 Å². The molecule has 4 aliphatic rings. The molecule has 1 amide bonds. The van der Waals surface area contributed by atoms with Crippen LogP contribution in [0.3, 0.4) is 0 Å². The van der Waals surface area contributed by atoms with E-state index in [1.807, 2.05) is 24.7 Å². The number of nitrogens with one attached hydrogen (secondary N) is 1. The van der Waals surface area contributed by atoms with Gasteiger partial charge in [-0.25, -0.2) is 4.39 Å². The van der Waals surface area contributed by atoms with E-state index in [9.17, 15) is 14.0 Å². The molecule has 2 saturated heterocycles. The third kappa shape index (κ3) is 3.68. The Labute approximate surface area is 206 Å². The van der Waals surface area contributed by atoms with E-state index in [1.54, 1.807) is 19.2 Å². The molecule has 2 saturated carbocycles. The van der Waals surface area contributed by atoms with Gasteiger partial charge in [0.1, 0.15) is 17.4 Å². The number of amides is 1. The standard InChI is InChI=1S/C25H28FN5O5/c1-14(2)36-22-16(21(32)27-18-5-4-6-30(23(18)33)19-8-17(19)26)7-15-9-31(29-20(15)28-22)24-10-25(11-24,13-34-3)35-12-24/h4-7,9,14,17,19H,8,10-13H2,1-3H3,(H,27,32)/t17-,19-,24?,25?/m1/s1. The molecule has 5 heterocycles. The molecule has 3 aromatic heterocycles. The number of fused-ring (bicyclic) bond motifs is 2. The number of anilines is 1. The van der Waals surface area contributed by atoms with Crippen molar-refractivity contribution in [1.82, 2.24) is 19.3 Å². The molecule has 0 aromatic carbocycles. The van der Waals surface area contributed by atoms with Crippen molar-refractivity contribution in [3.63, 3.8) is 0 Å². The Kier molecular flexibility index (Phi) is 5.20. The van der Waals surface area contributed by atoms with Crippen LogP contribution in [-0.2, 0) is 15.0 Å². The zero-order valence-electron chi connectivity index (χ0n) is 20.4. The predicted octanol–water partition coefficient (Wildman–Crippen LogP) is 2.82. The molecule has 2 aliphatic heterocycles. The molecule has 36 heavy (non-hydrogen) atoms. The summed E-state index contributed by atoms with van der Waals surface area (Å²) in [6.45, 7) is 4.75. The maximum atomic E-state index is 13.5. The SMILES string of the molecule is COCC12CC(n3cc4cc(C(=O)Nc5cccn([C@@H]6C[C@H]6F)c5=O)c(OC(C)C)nc4n3)(CO1)C2. The Balaban J connectivity index is 1.32. The Bertz CT molecular complexity index is 1410. The summed E-state index contributed by atoms with van der Waals surface area (Å²) in [5.74, 6) is -0.412. The van der Waals surface area contributed by atoms with Gasteiger partial charge in [0.2, 0.25) is 5.88 Å². The second-order valence-electron chi connectivity index (χ2n) is 10.4. The number of pyridine rings is 2. The molecular formula is C25H28FN5O5. The highest BCUT2D eigenvalue weighted by Crippen LogP contribution is 2.56. The van der Waals surface area contributed by atoms with Crippen molar-refractivity contribution in [2.75, 3.05) is 25.6 Å². The molecule has 1 N–H and O–H groups in total. The van der Waals surface area contributed by atoms with E-state index < -0.39 is 23.7 Å². The van der Waals surface area contributed by atoms with Crippen molar-refractivity contribution < 1.29 is 23.4 Å². The number of carbonyl (C=O) groups is 1. The lowest BCUT2D eigenvalue weighted by molar-refractivity contribution is -0.0694. The monoisotopic (exact) mass is 497 g/mol. The van der Waals surface area contributed by atoms with E-state index in [1.165, 1.54) is 16.8 Å². The van der Waals surface area contributed by atoms with Crippen LogP contribution in [0.4, 0.5) is 10.1 Å². The highest BCUT2D eigenvalue weighted by Gasteiger charge is 2.64. The van der Waals surface area contributed by atoms with Crippen LogP contribution < -0.4 is 15.6 Å². The van der Waals surface area contributed by atoms with E-state index >= 15 is 0 Å². The zero-order chi connectivity index (χ0) is 25.2. The highest BCUT2D eigenvalue weighted by molar-refractivity contribution is 6.07. The third-order valence-corrected chi connectivity index (χ3v) is 7.16. The van der Waals surface area contributed by atoms with E-state index in [-0.39, 0.29) is 34.4 Å². The average Bonchev–Trinajstić information content (AvgIpc) is 3.13. The van der Waals surface area contributed by atoms with Crippen LogP contribution in [0.25, 0.3) is 11.0 Å². The van der Waals surface area contributed by atoms with E-state index in [0.717, 1.165) is 12.8 Å². The van der Waals surface area contributed by atoms with Crippen molar-refractivity contribution >= 4 is 22.6 Å². The zero-order valence-corrected chi connectivity index (χ0v) is 20.4. The topological polar surface area (TPSA) is 110 Å². The summed E-state index contributed by atoms with van der Waals surface area (Å²) in [6.07, 6.45) is 4.02. The molecule has 7 rings (SSSR count). The van der Waals surface area contributed by atoms with Gasteiger partial charge < -0.3 is 24.1 Å². The van der Waals surface area contributed by atoms with Gasteiger partial charge in [-0.2, -0.15) is 10.1 Å². The van der Waals surface area contributed by atoms with Crippen LogP contribution in [0, 0.1) is 0 Å². The lowest BCUT2D eigenvalue weighted by Gasteiger charge is -2.43. The molecule has 11 heteroatoms. The van der Waals surface area contributed by atoms with E-state index in [0.29, 0.717) is 30.7 Å². The number of rotatable bonds is 8. The number of methoxy groups -OCH3 is 1. The largest absolute Gasteiger partial charge is 0.474 e. The van der Waals surface area contributed by atoms with Crippen LogP contribution >= 0.6 is 0 Å².